The fourth-order valence-electron chi connectivity index (χ4n) is 4.23. The molecule has 1 amide bonds. The molecule has 212 valence electrons. The van der Waals surface area contributed by atoms with Crippen LogP contribution in [-0.4, -0.2) is 73.9 Å². The summed E-state index contributed by atoms with van der Waals surface area (Å²) < 4.78 is 34.3. The van der Waals surface area contributed by atoms with Crippen molar-refractivity contribution < 1.29 is 23.4 Å². The van der Waals surface area contributed by atoms with Crippen molar-refractivity contribution in [2.24, 2.45) is 0 Å². The Kier molecular flexibility index (Phi) is 8.46. The molecule has 3 aromatic rings. The molecule has 2 N–H and O–H groups in total. The summed E-state index contributed by atoms with van der Waals surface area (Å²) in [5, 5.41) is 0.612. The van der Waals surface area contributed by atoms with Crippen molar-refractivity contribution in [1.82, 2.24) is 24.4 Å². The molecule has 0 bridgehead atoms. The van der Waals surface area contributed by atoms with Gasteiger partial charge in [-0.2, -0.15) is 0 Å². The second-order valence-corrected chi connectivity index (χ2v) is 27.2. The van der Waals surface area contributed by atoms with Gasteiger partial charge in [0.15, 0.2) is 0 Å². The first-order chi connectivity index (χ1) is 18.1. The van der Waals surface area contributed by atoms with Gasteiger partial charge in [-0.3, -0.25) is 0 Å². The van der Waals surface area contributed by atoms with E-state index >= 15 is 0 Å². The van der Waals surface area contributed by atoms with Crippen molar-refractivity contribution in [2.75, 3.05) is 19.1 Å². The molecule has 0 unspecified atom stereocenters. The van der Waals surface area contributed by atoms with Gasteiger partial charge in [0.2, 0.25) is 0 Å². The monoisotopic (exact) mass is 668 g/mol. The summed E-state index contributed by atoms with van der Waals surface area (Å²) in [5.74, 6) is 1.42. The quantitative estimate of drug-likeness (QED) is 0.262. The molecule has 0 saturated carbocycles. The standard InChI is InChI=1S/C23H28FN6O4S.3CH3.Sn/c1-13(2)29(22(31)34-23(3,4)5)9-6-10-30-19-17(18(25)27-20(24)28-19)26-21(30)35-14-7-8-15-16(11-14)33-12-32-15;;;;/h8,11,13H,6,9-10,12H2,1-5H3,(H2,25,27,28);3*1H3;. The number of benzene rings is 1. The van der Waals surface area contributed by atoms with Crippen LogP contribution >= 0.6 is 11.8 Å². The van der Waals surface area contributed by atoms with Crippen LogP contribution in [0.15, 0.2) is 22.2 Å². The smallest absolute Gasteiger partial charge is 0.0253 e. The van der Waals surface area contributed by atoms with Gasteiger partial charge < -0.3 is 0 Å². The van der Waals surface area contributed by atoms with E-state index in [-0.39, 0.29) is 24.7 Å². The molecule has 1 aliphatic heterocycles. The fraction of sp³-hybridized carbons (Fsp3) is 0.538. The van der Waals surface area contributed by atoms with Crippen LogP contribution in [0.5, 0.6) is 11.5 Å². The topological polar surface area (TPSA) is 118 Å². The summed E-state index contributed by atoms with van der Waals surface area (Å²) >= 11 is -1.15. The molecule has 4 rings (SSSR count). The predicted molar refractivity (Wildman–Crippen MR) is 152 cm³/mol. The number of carbonyl (C=O) groups excluding carboxylic acids is 1. The number of aromatic nitrogens is 4. The Bertz CT molecular complexity index is 1390. The Morgan fingerprint density at radius 1 is 1.21 bits per heavy atom. The van der Waals surface area contributed by atoms with Crippen molar-refractivity contribution in [3.05, 3.63) is 18.2 Å². The van der Waals surface area contributed by atoms with E-state index in [0.717, 1.165) is 10.6 Å². The summed E-state index contributed by atoms with van der Waals surface area (Å²) in [6.45, 7) is 10.5. The predicted octanol–water partition coefficient (Wildman–Crippen LogP) is 5.01. The van der Waals surface area contributed by atoms with E-state index in [1.807, 2.05) is 45.3 Å². The molecule has 10 nitrogen and oxygen atoms in total. The molecule has 0 aliphatic carbocycles. The van der Waals surface area contributed by atoms with Gasteiger partial charge in [-0.1, -0.05) is 0 Å². The third-order valence-corrected chi connectivity index (χ3v) is 13.4. The average molecular weight is 667 g/mol. The second kappa shape index (κ2) is 11.2. The van der Waals surface area contributed by atoms with Crippen molar-refractivity contribution in [1.29, 1.82) is 0 Å². The minimum atomic E-state index is -2.62. The van der Waals surface area contributed by atoms with Crippen LogP contribution in [0.25, 0.3) is 11.2 Å². The molecule has 0 fully saturated rings. The van der Waals surface area contributed by atoms with Crippen LogP contribution in [-0.2, 0) is 11.3 Å². The van der Waals surface area contributed by atoms with Crippen molar-refractivity contribution in [3.63, 3.8) is 0 Å². The first kappa shape index (κ1) is 29.5. The Balaban J connectivity index is 1.68. The number of hydrogen-bond donors (Lipinski definition) is 1. The molecule has 13 heteroatoms. The molecule has 0 radical (unpaired) electrons. The molecule has 3 heterocycles. The zero-order chi connectivity index (χ0) is 28.7. The zero-order valence-electron chi connectivity index (χ0n) is 23.8. The molecule has 39 heavy (non-hydrogen) atoms. The average Bonchev–Trinajstić information content (AvgIpc) is 3.38. The van der Waals surface area contributed by atoms with Crippen molar-refractivity contribution in [2.45, 2.75) is 84.1 Å². The number of fused-ring (bicyclic) bond motifs is 2. The minimum absolute atomic E-state index is 0.0171. The Morgan fingerprint density at radius 2 is 1.87 bits per heavy atom. The normalized spacial score (nSPS) is 13.4. The summed E-state index contributed by atoms with van der Waals surface area (Å²) in [7, 11) is 0. The number of rotatable bonds is 8. The molecule has 0 atom stereocenters. The van der Waals surface area contributed by atoms with Gasteiger partial charge in [0, 0.05) is 0 Å². The number of halogens is 1. The first-order valence-corrected chi connectivity index (χ1v) is 23.8. The number of nitrogens with two attached hydrogens (primary N) is 1. The van der Waals surface area contributed by atoms with Gasteiger partial charge in [0.1, 0.15) is 0 Å². The van der Waals surface area contributed by atoms with Gasteiger partial charge in [0.25, 0.3) is 0 Å². The summed E-state index contributed by atoms with van der Waals surface area (Å²) in [6.07, 6.45) is -0.720. The number of imidazole rings is 1. The number of anilines is 1. The van der Waals surface area contributed by atoms with E-state index in [9.17, 15) is 9.18 Å². The van der Waals surface area contributed by atoms with E-state index in [1.165, 1.54) is 15.3 Å². The summed E-state index contributed by atoms with van der Waals surface area (Å²) in [4.78, 5) is 34.9. The number of hydrogen-bond acceptors (Lipinski definition) is 9. The van der Waals surface area contributed by atoms with Gasteiger partial charge in [-0.05, 0) is 20.8 Å². The van der Waals surface area contributed by atoms with Gasteiger partial charge in [-0.25, -0.2) is 0 Å². The number of amides is 1. The summed E-state index contributed by atoms with van der Waals surface area (Å²) in [6, 6.07) is 4.02. The van der Waals surface area contributed by atoms with Crippen molar-refractivity contribution >= 4 is 56.8 Å². The molecular weight excluding hydrogens is 630 g/mol. The maximum atomic E-state index is 14.3. The number of ether oxygens (including phenoxy) is 3. The van der Waals surface area contributed by atoms with E-state index < -0.39 is 30.1 Å². The number of nitrogen functional groups attached to an aromatic ring is 1. The summed E-state index contributed by atoms with van der Waals surface area (Å²) in [5.41, 5.74) is 6.11. The first-order valence-electron chi connectivity index (χ1n) is 12.9. The molecule has 1 aromatic carbocycles. The Labute approximate surface area is 236 Å². The van der Waals surface area contributed by atoms with E-state index in [0.29, 0.717) is 41.6 Å². The van der Waals surface area contributed by atoms with Crippen LogP contribution in [0, 0.1) is 6.08 Å². The van der Waals surface area contributed by atoms with Gasteiger partial charge in [0.05, 0.1) is 0 Å². The molecule has 2 aromatic heterocycles. The van der Waals surface area contributed by atoms with Crippen LogP contribution in [0.3, 0.4) is 0 Å². The second-order valence-electron chi connectivity index (χ2n) is 11.8. The van der Waals surface area contributed by atoms with Crippen LogP contribution in [0.4, 0.5) is 15.0 Å². The van der Waals surface area contributed by atoms with Gasteiger partial charge >= 0.3 is 217 Å². The maximum absolute atomic E-state index is 14.3. The van der Waals surface area contributed by atoms with E-state index in [4.69, 9.17) is 24.9 Å². The third-order valence-electron chi connectivity index (χ3n) is 6.08. The molecular formula is C26H37FN6O4SSn. The molecule has 0 saturated heterocycles. The van der Waals surface area contributed by atoms with Crippen molar-refractivity contribution in [3.8, 4) is 11.5 Å². The molecule has 1 aliphatic rings. The fourth-order valence-corrected chi connectivity index (χ4v) is 11.6. The van der Waals surface area contributed by atoms with Crippen LogP contribution < -0.4 is 18.8 Å². The third kappa shape index (κ3) is 6.82. The SMILES string of the molecule is CC(C)N(CCCn1c(Sc2cc3c(c[c]2[Sn]([CH3])([CH3])[CH3])OCO3)nc2c(N)nc(F)nc21)C(=O)OC(C)(C)C. The Morgan fingerprint density at radius 3 is 2.49 bits per heavy atom. The van der Waals surface area contributed by atoms with E-state index in [2.05, 4.69) is 30.9 Å². The minimum Gasteiger partial charge on any atom is -0.0253 e. The zero-order valence-corrected chi connectivity index (χ0v) is 27.5. The van der Waals surface area contributed by atoms with Crippen LogP contribution in [0.2, 0.25) is 14.8 Å². The van der Waals surface area contributed by atoms with Gasteiger partial charge in [-0.15, -0.1) is 0 Å². The Hall–Kier alpha value is -2.48. The number of carbonyl (C=O) groups is 1. The number of aryl methyl sites for hydroxylation is 1. The number of nitrogens with zero attached hydrogens (tertiary/aromatic N) is 5. The molecule has 0 spiro atoms. The van der Waals surface area contributed by atoms with E-state index in [1.54, 1.807) is 4.90 Å². The van der Waals surface area contributed by atoms with Crippen LogP contribution in [0.1, 0.15) is 41.0 Å².